The molecule has 1 aliphatic heterocycles. The van der Waals surface area contributed by atoms with E-state index in [-0.39, 0.29) is 5.91 Å². The van der Waals surface area contributed by atoms with Gasteiger partial charge in [-0.05, 0) is 24.7 Å². The molecule has 7 heteroatoms. The molecule has 0 spiro atoms. The summed E-state index contributed by atoms with van der Waals surface area (Å²) in [5.74, 6) is 0.548. The van der Waals surface area contributed by atoms with Crippen LogP contribution in [0.3, 0.4) is 0 Å². The molecule has 1 aromatic carbocycles. The first-order valence-corrected chi connectivity index (χ1v) is 9.80. The number of nitrogens with one attached hydrogen (secondary N) is 1. The summed E-state index contributed by atoms with van der Waals surface area (Å²) in [4.78, 5) is 18.0. The lowest BCUT2D eigenvalue weighted by molar-refractivity contribution is 0.0939. The van der Waals surface area contributed by atoms with Gasteiger partial charge in [0.05, 0.1) is 7.11 Å². The molecule has 0 unspecified atom stereocenters. The number of hydrogen-bond acceptors (Lipinski definition) is 5. The van der Waals surface area contributed by atoms with Gasteiger partial charge in [0.25, 0.3) is 5.91 Å². The summed E-state index contributed by atoms with van der Waals surface area (Å²) in [6.45, 7) is 9.17. The average Bonchev–Trinajstić information content (AvgIpc) is 2.99. The normalized spacial score (nSPS) is 16.3. The van der Waals surface area contributed by atoms with Crippen LogP contribution in [0.4, 0.5) is 0 Å². The molecule has 136 valence electrons. The maximum Gasteiger partial charge on any atom is 0.265 e. The van der Waals surface area contributed by atoms with Crippen molar-refractivity contribution in [2.45, 2.75) is 6.92 Å². The number of methoxy groups -OCH3 is 1. The third-order valence-corrected chi connectivity index (χ3v) is 6.01. The Balaban J connectivity index is 1.59. The largest absolute Gasteiger partial charge is 0.494 e. The zero-order valence-electron chi connectivity index (χ0n) is 14.7. The molecule has 25 heavy (non-hydrogen) atoms. The SMILES string of the molecule is CCN1CCN(CCNC(=O)c2sc3cc(Cl)ccc3c2OC)CC1. The monoisotopic (exact) mass is 381 g/mol. The number of carbonyl (C=O) groups excluding carboxylic acids is 1. The number of nitrogens with zero attached hydrogens (tertiary/aromatic N) is 2. The minimum atomic E-state index is -0.0821. The van der Waals surface area contributed by atoms with E-state index in [0.717, 1.165) is 49.4 Å². The summed E-state index contributed by atoms with van der Waals surface area (Å²) in [5, 5.41) is 4.62. The van der Waals surface area contributed by atoms with Crippen molar-refractivity contribution in [3.63, 3.8) is 0 Å². The smallest absolute Gasteiger partial charge is 0.265 e. The third-order valence-electron chi connectivity index (χ3n) is 4.64. The number of halogens is 1. The lowest BCUT2D eigenvalue weighted by atomic mass is 10.2. The van der Waals surface area contributed by atoms with E-state index in [1.807, 2.05) is 18.2 Å². The van der Waals surface area contributed by atoms with Crippen molar-refractivity contribution >= 4 is 38.9 Å². The first-order valence-electron chi connectivity index (χ1n) is 8.61. The van der Waals surface area contributed by atoms with Crippen LogP contribution in [0.2, 0.25) is 5.02 Å². The highest BCUT2D eigenvalue weighted by atomic mass is 35.5. The molecule has 1 N–H and O–H groups in total. The van der Waals surface area contributed by atoms with Crippen LogP contribution in [0.1, 0.15) is 16.6 Å². The highest BCUT2D eigenvalue weighted by Gasteiger charge is 2.20. The molecule has 0 atom stereocenters. The number of fused-ring (bicyclic) bond motifs is 1. The molecule has 0 saturated carbocycles. The minimum Gasteiger partial charge on any atom is -0.494 e. The number of amides is 1. The van der Waals surface area contributed by atoms with Gasteiger partial charge in [0.1, 0.15) is 10.6 Å². The summed E-state index contributed by atoms with van der Waals surface area (Å²) in [6, 6.07) is 5.59. The van der Waals surface area contributed by atoms with Gasteiger partial charge in [-0.2, -0.15) is 0 Å². The Kier molecular flexibility index (Phi) is 6.17. The average molecular weight is 382 g/mol. The van der Waals surface area contributed by atoms with Gasteiger partial charge in [0.15, 0.2) is 0 Å². The van der Waals surface area contributed by atoms with Crippen LogP contribution in [0, 0.1) is 0 Å². The van der Waals surface area contributed by atoms with Crippen LogP contribution in [-0.2, 0) is 0 Å². The van der Waals surface area contributed by atoms with Crippen molar-refractivity contribution in [3.05, 3.63) is 28.1 Å². The Labute approximate surface area is 157 Å². The van der Waals surface area contributed by atoms with Crippen molar-refractivity contribution in [2.24, 2.45) is 0 Å². The van der Waals surface area contributed by atoms with Crippen LogP contribution >= 0.6 is 22.9 Å². The van der Waals surface area contributed by atoms with Gasteiger partial charge in [-0.15, -0.1) is 11.3 Å². The Hall–Kier alpha value is -1.34. The van der Waals surface area contributed by atoms with Crippen molar-refractivity contribution in [1.29, 1.82) is 0 Å². The van der Waals surface area contributed by atoms with E-state index in [9.17, 15) is 4.79 Å². The molecule has 0 radical (unpaired) electrons. The second kappa shape index (κ2) is 8.36. The molecule has 1 saturated heterocycles. The second-order valence-electron chi connectivity index (χ2n) is 6.14. The fraction of sp³-hybridized carbons (Fsp3) is 0.500. The lowest BCUT2D eigenvalue weighted by Crippen LogP contribution is -2.48. The first-order chi connectivity index (χ1) is 12.1. The zero-order chi connectivity index (χ0) is 17.8. The standard InChI is InChI=1S/C18H24ClN3O2S/c1-3-21-8-10-22(11-9-21)7-6-20-18(23)17-16(24-2)14-5-4-13(19)12-15(14)25-17/h4-5,12H,3,6-11H2,1-2H3,(H,20,23). The number of ether oxygens (including phenoxy) is 1. The van der Waals surface area contributed by atoms with Gasteiger partial charge in [-0.3, -0.25) is 9.69 Å². The fourth-order valence-electron chi connectivity index (χ4n) is 3.14. The second-order valence-corrected chi connectivity index (χ2v) is 7.63. The quantitative estimate of drug-likeness (QED) is 0.835. The number of carbonyl (C=O) groups is 1. The molecule has 2 aromatic rings. The van der Waals surface area contributed by atoms with E-state index >= 15 is 0 Å². The van der Waals surface area contributed by atoms with Crippen molar-refractivity contribution in [1.82, 2.24) is 15.1 Å². The molecule has 1 amide bonds. The molecule has 0 aliphatic carbocycles. The number of hydrogen-bond donors (Lipinski definition) is 1. The van der Waals surface area contributed by atoms with Crippen LogP contribution in [0.5, 0.6) is 5.75 Å². The van der Waals surface area contributed by atoms with E-state index in [1.165, 1.54) is 11.3 Å². The van der Waals surface area contributed by atoms with Crippen LogP contribution in [0.15, 0.2) is 18.2 Å². The number of piperazine rings is 1. The summed E-state index contributed by atoms with van der Waals surface area (Å²) in [6.07, 6.45) is 0. The number of thiophene rings is 1. The summed E-state index contributed by atoms with van der Waals surface area (Å²) in [7, 11) is 1.60. The van der Waals surface area contributed by atoms with Crippen molar-refractivity contribution in [3.8, 4) is 5.75 Å². The Bertz CT molecular complexity index is 741. The highest BCUT2D eigenvalue weighted by molar-refractivity contribution is 7.21. The molecule has 5 nitrogen and oxygen atoms in total. The first kappa shape index (κ1) is 18.5. The Morgan fingerprint density at radius 2 is 2.00 bits per heavy atom. The molecule has 1 fully saturated rings. The van der Waals surface area contributed by atoms with Gasteiger partial charge in [0, 0.05) is 54.4 Å². The third kappa shape index (κ3) is 4.26. The Morgan fingerprint density at radius 1 is 1.28 bits per heavy atom. The summed E-state index contributed by atoms with van der Waals surface area (Å²) < 4.78 is 6.43. The van der Waals surface area contributed by atoms with Crippen molar-refractivity contribution in [2.75, 3.05) is 52.9 Å². The van der Waals surface area contributed by atoms with Gasteiger partial charge in [0.2, 0.25) is 0 Å². The van der Waals surface area contributed by atoms with Gasteiger partial charge in [-0.25, -0.2) is 0 Å². The van der Waals surface area contributed by atoms with Crippen LogP contribution in [-0.4, -0.2) is 68.6 Å². The Morgan fingerprint density at radius 3 is 2.68 bits per heavy atom. The maximum atomic E-state index is 12.6. The fourth-order valence-corrected chi connectivity index (χ4v) is 4.50. The number of benzene rings is 1. The van der Waals surface area contributed by atoms with Crippen molar-refractivity contribution < 1.29 is 9.53 Å². The summed E-state index contributed by atoms with van der Waals surface area (Å²) in [5.41, 5.74) is 0. The van der Waals surface area contributed by atoms with E-state index in [4.69, 9.17) is 16.3 Å². The zero-order valence-corrected chi connectivity index (χ0v) is 16.3. The molecule has 1 aliphatic rings. The highest BCUT2D eigenvalue weighted by Crippen LogP contribution is 2.38. The van der Waals surface area contributed by atoms with E-state index < -0.39 is 0 Å². The predicted molar refractivity (Wildman–Crippen MR) is 104 cm³/mol. The molecular formula is C18H24ClN3O2S. The number of rotatable bonds is 6. The van der Waals surface area contributed by atoms with E-state index in [1.54, 1.807) is 7.11 Å². The molecular weight excluding hydrogens is 358 g/mol. The maximum absolute atomic E-state index is 12.6. The molecule has 2 heterocycles. The van der Waals surface area contributed by atoms with E-state index in [0.29, 0.717) is 22.2 Å². The van der Waals surface area contributed by atoms with Crippen LogP contribution < -0.4 is 10.1 Å². The molecule has 0 bridgehead atoms. The summed E-state index contributed by atoms with van der Waals surface area (Å²) >= 11 is 7.47. The van der Waals surface area contributed by atoms with E-state index in [2.05, 4.69) is 22.0 Å². The van der Waals surface area contributed by atoms with Gasteiger partial charge < -0.3 is 15.0 Å². The predicted octanol–water partition coefficient (Wildman–Crippen LogP) is 2.93. The van der Waals surface area contributed by atoms with Gasteiger partial charge >= 0.3 is 0 Å². The topological polar surface area (TPSA) is 44.8 Å². The molecule has 1 aromatic heterocycles. The molecule has 3 rings (SSSR count). The van der Waals surface area contributed by atoms with Gasteiger partial charge in [-0.1, -0.05) is 18.5 Å². The number of likely N-dealkylation sites (N-methyl/N-ethyl adjacent to an activating group) is 1. The lowest BCUT2D eigenvalue weighted by Gasteiger charge is -2.33. The van der Waals surface area contributed by atoms with Crippen LogP contribution in [0.25, 0.3) is 10.1 Å². The minimum absolute atomic E-state index is 0.0821.